The molecule has 0 saturated heterocycles. The van der Waals surface area contributed by atoms with E-state index in [0.29, 0.717) is 13.0 Å². The first kappa shape index (κ1) is 15.6. The third kappa shape index (κ3) is 4.11. The van der Waals surface area contributed by atoms with E-state index < -0.39 is 0 Å². The van der Waals surface area contributed by atoms with Gasteiger partial charge in [-0.25, -0.2) is 0 Å². The molecule has 0 aliphatic carbocycles. The first-order chi connectivity index (χ1) is 11.2. The van der Waals surface area contributed by atoms with Crippen molar-refractivity contribution in [3.05, 3.63) is 82.3 Å². The van der Waals surface area contributed by atoms with Gasteiger partial charge in [-0.3, -0.25) is 4.79 Å². The van der Waals surface area contributed by atoms with Crippen molar-refractivity contribution < 1.29 is 4.79 Å². The topological polar surface area (TPSA) is 34.0 Å². The van der Waals surface area contributed by atoms with Crippen LogP contribution in [-0.4, -0.2) is 10.5 Å². The highest BCUT2D eigenvalue weighted by atomic mass is 32.1. The zero-order valence-electron chi connectivity index (χ0n) is 13.1. The lowest BCUT2D eigenvalue weighted by atomic mass is 10.0. The normalized spacial score (nSPS) is 12.0. The summed E-state index contributed by atoms with van der Waals surface area (Å²) >= 11 is 1.66. The van der Waals surface area contributed by atoms with Crippen molar-refractivity contribution >= 4 is 17.2 Å². The number of aromatic nitrogens is 1. The number of hydrogen-bond donors (Lipinski definition) is 1. The van der Waals surface area contributed by atoms with E-state index in [-0.39, 0.29) is 11.9 Å². The summed E-state index contributed by atoms with van der Waals surface area (Å²) in [6.45, 7) is 2.68. The zero-order chi connectivity index (χ0) is 16.1. The van der Waals surface area contributed by atoms with Crippen molar-refractivity contribution in [2.45, 2.75) is 25.9 Å². The lowest BCUT2D eigenvalue weighted by molar-refractivity contribution is -0.121. The molecule has 118 valence electrons. The van der Waals surface area contributed by atoms with Crippen LogP contribution in [0.2, 0.25) is 0 Å². The number of aryl methyl sites for hydroxylation is 1. The van der Waals surface area contributed by atoms with Gasteiger partial charge in [0, 0.05) is 17.3 Å². The number of benzene rings is 1. The molecule has 23 heavy (non-hydrogen) atoms. The molecular formula is C19H20N2OS. The highest BCUT2D eigenvalue weighted by molar-refractivity contribution is 7.09. The fraction of sp³-hybridized carbons (Fsp3) is 0.211. The maximum Gasteiger partial charge on any atom is 0.222 e. The summed E-state index contributed by atoms with van der Waals surface area (Å²) in [5, 5.41) is 5.04. The summed E-state index contributed by atoms with van der Waals surface area (Å²) in [7, 11) is 0. The van der Waals surface area contributed by atoms with Crippen molar-refractivity contribution in [3.8, 4) is 0 Å². The van der Waals surface area contributed by atoms with Crippen LogP contribution in [0.5, 0.6) is 0 Å². The van der Waals surface area contributed by atoms with E-state index in [1.165, 1.54) is 10.4 Å². The lowest BCUT2D eigenvalue weighted by Gasteiger charge is -2.19. The Balaban J connectivity index is 1.72. The van der Waals surface area contributed by atoms with Gasteiger partial charge in [-0.2, -0.15) is 0 Å². The fourth-order valence-corrected chi connectivity index (χ4v) is 3.32. The third-order valence-electron chi connectivity index (χ3n) is 3.83. The molecule has 0 spiro atoms. The zero-order valence-corrected chi connectivity index (χ0v) is 13.9. The highest BCUT2D eigenvalue weighted by Crippen LogP contribution is 2.23. The van der Waals surface area contributed by atoms with Crippen LogP contribution in [0.3, 0.4) is 0 Å². The molecule has 2 heterocycles. The Morgan fingerprint density at radius 1 is 1.17 bits per heavy atom. The third-order valence-corrected chi connectivity index (χ3v) is 4.71. The molecule has 3 aromatic rings. The highest BCUT2D eigenvalue weighted by Gasteiger charge is 2.17. The Hall–Kier alpha value is -2.33. The molecule has 1 N–H and O–H groups in total. The van der Waals surface area contributed by atoms with Gasteiger partial charge in [0.25, 0.3) is 0 Å². The molecular weight excluding hydrogens is 304 g/mol. The second kappa shape index (κ2) is 7.29. The fourth-order valence-electron chi connectivity index (χ4n) is 2.68. The molecule has 0 aliphatic rings. The first-order valence-corrected chi connectivity index (χ1v) is 8.58. The number of amides is 1. The maximum absolute atomic E-state index is 12.4. The van der Waals surface area contributed by atoms with Gasteiger partial charge in [-0.15, -0.1) is 11.3 Å². The maximum atomic E-state index is 12.4. The van der Waals surface area contributed by atoms with Gasteiger partial charge in [-0.05, 0) is 36.1 Å². The summed E-state index contributed by atoms with van der Waals surface area (Å²) in [4.78, 5) is 13.6. The number of thiophene rings is 1. The van der Waals surface area contributed by atoms with E-state index in [4.69, 9.17) is 0 Å². The molecule has 0 saturated carbocycles. The van der Waals surface area contributed by atoms with Crippen molar-refractivity contribution in [3.63, 3.8) is 0 Å². The Morgan fingerprint density at radius 2 is 2.00 bits per heavy atom. The number of carbonyl (C=O) groups is 1. The Morgan fingerprint density at radius 3 is 2.70 bits per heavy atom. The number of nitrogens with one attached hydrogen (secondary N) is 1. The first-order valence-electron chi connectivity index (χ1n) is 7.70. The summed E-state index contributed by atoms with van der Waals surface area (Å²) in [6, 6.07) is 16.4. The van der Waals surface area contributed by atoms with Gasteiger partial charge < -0.3 is 9.88 Å². The van der Waals surface area contributed by atoms with Crippen LogP contribution in [0, 0.1) is 6.92 Å². The molecule has 1 amide bonds. The monoisotopic (exact) mass is 324 g/mol. The van der Waals surface area contributed by atoms with Crippen LogP contribution in [0.25, 0.3) is 0 Å². The molecule has 3 rings (SSSR count). The molecule has 0 unspecified atom stereocenters. The Labute approximate surface area is 140 Å². The van der Waals surface area contributed by atoms with Crippen molar-refractivity contribution in [1.29, 1.82) is 0 Å². The van der Waals surface area contributed by atoms with Crippen LogP contribution in [-0.2, 0) is 11.3 Å². The van der Waals surface area contributed by atoms with Crippen LogP contribution >= 0.6 is 11.3 Å². The van der Waals surface area contributed by atoms with Crippen molar-refractivity contribution in [1.82, 2.24) is 9.88 Å². The van der Waals surface area contributed by atoms with Gasteiger partial charge in [0.05, 0.1) is 19.0 Å². The van der Waals surface area contributed by atoms with Gasteiger partial charge >= 0.3 is 0 Å². The average molecular weight is 324 g/mol. The number of rotatable bonds is 6. The largest absolute Gasteiger partial charge is 0.351 e. The predicted octanol–water partition coefficient (Wildman–Crippen LogP) is 4.15. The van der Waals surface area contributed by atoms with Gasteiger partial charge in [0.15, 0.2) is 0 Å². The number of nitrogens with zero attached hydrogens (tertiary/aromatic N) is 1. The summed E-state index contributed by atoms with van der Waals surface area (Å²) < 4.78 is 2.10. The number of carbonyl (C=O) groups excluding carboxylic acids is 1. The second-order valence-electron chi connectivity index (χ2n) is 5.62. The van der Waals surface area contributed by atoms with E-state index in [9.17, 15) is 4.79 Å². The lowest BCUT2D eigenvalue weighted by Crippen LogP contribution is -2.26. The summed E-state index contributed by atoms with van der Waals surface area (Å²) in [6.07, 6.45) is 4.46. The van der Waals surface area contributed by atoms with Crippen molar-refractivity contribution in [2.75, 3.05) is 0 Å². The van der Waals surface area contributed by atoms with Crippen LogP contribution in [0.1, 0.15) is 28.5 Å². The van der Waals surface area contributed by atoms with E-state index in [2.05, 4.69) is 35.0 Å². The molecule has 2 aromatic heterocycles. The van der Waals surface area contributed by atoms with E-state index >= 15 is 0 Å². The molecule has 0 aliphatic heterocycles. The van der Waals surface area contributed by atoms with Crippen LogP contribution in [0.4, 0.5) is 0 Å². The molecule has 0 fully saturated rings. The Bertz CT molecular complexity index is 748. The quantitative estimate of drug-likeness (QED) is 0.726. The van der Waals surface area contributed by atoms with Gasteiger partial charge in [-0.1, -0.05) is 35.9 Å². The molecule has 4 heteroatoms. The smallest absolute Gasteiger partial charge is 0.222 e. The minimum atomic E-state index is 0.0215. The predicted molar refractivity (Wildman–Crippen MR) is 94.5 cm³/mol. The molecule has 3 nitrogen and oxygen atoms in total. The molecule has 1 aromatic carbocycles. The van der Waals surface area contributed by atoms with E-state index in [0.717, 1.165) is 5.56 Å². The minimum absolute atomic E-state index is 0.0215. The van der Waals surface area contributed by atoms with E-state index in [1.807, 2.05) is 48.1 Å². The SMILES string of the molecule is Cc1cccc([C@@H](CC(=O)NCc2cccs2)n2cccc2)c1. The summed E-state index contributed by atoms with van der Waals surface area (Å²) in [5.74, 6) is 0.0682. The summed E-state index contributed by atoms with van der Waals surface area (Å²) in [5.41, 5.74) is 2.37. The standard InChI is InChI=1S/C19H20N2OS/c1-15-6-4-7-16(12-15)18(21-9-2-3-10-21)13-19(22)20-14-17-8-5-11-23-17/h2-12,18H,13-14H2,1H3,(H,20,22)/t18-/m1/s1. The van der Waals surface area contributed by atoms with E-state index in [1.54, 1.807) is 11.3 Å². The average Bonchev–Trinajstić information content (AvgIpc) is 3.24. The van der Waals surface area contributed by atoms with Crippen molar-refractivity contribution in [2.24, 2.45) is 0 Å². The van der Waals surface area contributed by atoms with Crippen LogP contribution < -0.4 is 5.32 Å². The molecule has 1 atom stereocenters. The van der Waals surface area contributed by atoms with Crippen LogP contribution in [0.15, 0.2) is 66.3 Å². The van der Waals surface area contributed by atoms with Gasteiger partial charge in [0.2, 0.25) is 5.91 Å². The minimum Gasteiger partial charge on any atom is -0.351 e. The Kier molecular flexibility index (Phi) is 4.93. The van der Waals surface area contributed by atoms with Gasteiger partial charge in [0.1, 0.15) is 0 Å². The molecule has 0 radical (unpaired) electrons. The molecule has 0 bridgehead atoms. The number of hydrogen-bond acceptors (Lipinski definition) is 2. The second-order valence-corrected chi connectivity index (χ2v) is 6.65.